The minimum Gasteiger partial charge on any atom is -0.455 e. The van der Waals surface area contributed by atoms with Gasteiger partial charge in [0.25, 0.3) is 5.91 Å². The van der Waals surface area contributed by atoms with Crippen LogP contribution in [0.3, 0.4) is 0 Å². The molecule has 1 aliphatic rings. The quantitative estimate of drug-likeness (QED) is 0.248. The lowest BCUT2D eigenvalue weighted by Crippen LogP contribution is -2.50. The minimum atomic E-state index is -0.730. The molecule has 0 spiro atoms. The summed E-state index contributed by atoms with van der Waals surface area (Å²) in [6.45, 7) is 12.8. The van der Waals surface area contributed by atoms with E-state index in [1.807, 2.05) is 47.0 Å². The number of nitrogens with one attached hydrogen (secondary N) is 1. The molecule has 2 aromatic heterocycles. The number of likely N-dealkylation sites (tertiary alicyclic amines) is 1. The van der Waals surface area contributed by atoms with E-state index in [1.165, 1.54) is 29.6 Å². The molecule has 0 saturated carbocycles. The Kier molecular flexibility index (Phi) is 13.0. The van der Waals surface area contributed by atoms with Gasteiger partial charge in [-0.2, -0.15) is 0 Å². The lowest BCUT2D eigenvalue weighted by atomic mass is 9.80. The molecule has 3 heterocycles. The van der Waals surface area contributed by atoms with E-state index in [0.717, 1.165) is 31.5 Å². The number of ether oxygens (including phenoxy) is 1. The average molecular weight is 648 g/mol. The number of aromatic nitrogens is 2. The van der Waals surface area contributed by atoms with Crippen molar-refractivity contribution in [2.24, 2.45) is 17.8 Å². The van der Waals surface area contributed by atoms with Crippen molar-refractivity contribution >= 4 is 46.2 Å². The van der Waals surface area contributed by atoms with Crippen LogP contribution in [0.15, 0.2) is 16.3 Å². The second-order valence-corrected chi connectivity index (χ2v) is 14.2. The van der Waals surface area contributed by atoms with Gasteiger partial charge in [-0.15, -0.1) is 22.7 Å². The van der Waals surface area contributed by atoms with Crippen LogP contribution >= 0.6 is 22.7 Å². The molecule has 1 N–H and O–H groups in total. The van der Waals surface area contributed by atoms with E-state index in [-0.39, 0.29) is 47.6 Å². The first-order valence-corrected chi connectivity index (χ1v) is 17.4. The topological polar surface area (TPSA) is 122 Å². The summed E-state index contributed by atoms with van der Waals surface area (Å²) in [7, 11) is 3.77. The van der Waals surface area contributed by atoms with Crippen LogP contribution < -0.4 is 5.32 Å². The van der Waals surface area contributed by atoms with Crippen LogP contribution in [0, 0.1) is 17.8 Å². The van der Waals surface area contributed by atoms with Crippen LogP contribution in [0.5, 0.6) is 0 Å². The Labute approximate surface area is 270 Å². The lowest BCUT2D eigenvalue weighted by Gasteiger charge is -2.38. The number of Topliss-reactive ketones (excluding diaryl/α,β-unsaturated/α-hetero) is 1. The van der Waals surface area contributed by atoms with Crippen LogP contribution in [-0.4, -0.2) is 82.1 Å². The lowest BCUT2D eigenvalue weighted by molar-refractivity contribution is -0.149. The zero-order valence-electron chi connectivity index (χ0n) is 27.4. The summed E-state index contributed by atoms with van der Waals surface area (Å²) in [5.74, 6) is -1.12. The first-order chi connectivity index (χ1) is 20.8. The van der Waals surface area contributed by atoms with Gasteiger partial charge in [0.15, 0.2) is 11.9 Å². The van der Waals surface area contributed by atoms with Crippen LogP contribution in [0.1, 0.15) is 101 Å². The van der Waals surface area contributed by atoms with Gasteiger partial charge in [0.2, 0.25) is 5.91 Å². The molecular weight excluding hydrogens is 599 g/mol. The molecule has 10 nitrogen and oxygen atoms in total. The van der Waals surface area contributed by atoms with Crippen molar-refractivity contribution in [1.82, 2.24) is 25.1 Å². The van der Waals surface area contributed by atoms with E-state index in [1.54, 1.807) is 22.8 Å². The van der Waals surface area contributed by atoms with Crippen molar-refractivity contribution in [2.45, 2.75) is 97.8 Å². The molecule has 0 radical (unpaired) electrons. The Hall–Kier alpha value is -2.70. The zero-order chi connectivity index (χ0) is 32.6. The summed E-state index contributed by atoms with van der Waals surface area (Å²) in [5.41, 5.74) is 2.39. The zero-order valence-corrected chi connectivity index (χ0v) is 29.1. The van der Waals surface area contributed by atoms with Gasteiger partial charge in [-0.05, 0) is 45.2 Å². The predicted octanol–water partition coefficient (Wildman–Crippen LogP) is 5.16. The molecular formula is C32H49N5O5S2. The summed E-state index contributed by atoms with van der Waals surface area (Å²) < 4.78 is 5.73. The summed E-state index contributed by atoms with van der Waals surface area (Å²) >= 11 is 2.77. The molecule has 0 unspecified atom stereocenters. The van der Waals surface area contributed by atoms with E-state index in [9.17, 15) is 19.2 Å². The fourth-order valence-electron chi connectivity index (χ4n) is 5.90. The number of hydrogen-bond acceptors (Lipinski definition) is 10. The minimum absolute atomic E-state index is 0.0249. The van der Waals surface area contributed by atoms with Gasteiger partial charge in [0, 0.05) is 62.5 Å². The summed E-state index contributed by atoms with van der Waals surface area (Å²) in [5, 5.41) is 6.98. The first-order valence-electron chi connectivity index (χ1n) is 15.6. The van der Waals surface area contributed by atoms with Crippen LogP contribution in [0.2, 0.25) is 0 Å². The van der Waals surface area contributed by atoms with Crippen molar-refractivity contribution in [2.75, 3.05) is 27.2 Å². The molecule has 2 amide bonds. The van der Waals surface area contributed by atoms with Crippen molar-refractivity contribution < 1.29 is 23.9 Å². The Bertz CT molecular complexity index is 1270. The number of likely N-dealkylation sites (N-methyl/N-ethyl adjacent to an activating group) is 1. The Morgan fingerprint density at radius 3 is 2.50 bits per heavy atom. The highest BCUT2D eigenvalue weighted by Gasteiger charge is 2.43. The molecule has 5 atom stereocenters. The molecule has 44 heavy (non-hydrogen) atoms. The highest BCUT2D eigenvalue weighted by Crippen LogP contribution is 2.35. The smallest absolute Gasteiger partial charge is 0.303 e. The van der Waals surface area contributed by atoms with E-state index >= 15 is 0 Å². The molecule has 12 heteroatoms. The Morgan fingerprint density at radius 1 is 1.20 bits per heavy atom. The molecule has 0 aliphatic carbocycles. The van der Waals surface area contributed by atoms with E-state index in [4.69, 9.17) is 4.74 Å². The maximum Gasteiger partial charge on any atom is 0.303 e. The molecule has 0 bridgehead atoms. The van der Waals surface area contributed by atoms with Crippen LogP contribution in [0.4, 0.5) is 0 Å². The highest BCUT2D eigenvalue weighted by atomic mass is 32.1. The number of amides is 2. The van der Waals surface area contributed by atoms with Gasteiger partial charge in [-0.25, -0.2) is 9.97 Å². The van der Waals surface area contributed by atoms with Gasteiger partial charge >= 0.3 is 5.97 Å². The van der Waals surface area contributed by atoms with Crippen LogP contribution in [0.25, 0.3) is 0 Å². The van der Waals surface area contributed by atoms with E-state index < -0.39 is 23.5 Å². The molecule has 244 valence electrons. The largest absolute Gasteiger partial charge is 0.455 e. The fraction of sp³-hybridized carbons (Fsp3) is 0.688. The molecule has 2 aromatic rings. The summed E-state index contributed by atoms with van der Waals surface area (Å²) in [6.07, 6.45) is 2.96. The van der Waals surface area contributed by atoms with Crippen LogP contribution in [-0.2, 0) is 25.5 Å². The first kappa shape index (κ1) is 35.8. The second kappa shape index (κ2) is 16.0. The third-order valence-electron chi connectivity index (χ3n) is 9.21. The molecule has 0 aromatic carbocycles. The third-order valence-corrected chi connectivity index (χ3v) is 10.8. The molecule has 1 aliphatic heterocycles. The second-order valence-electron chi connectivity index (χ2n) is 12.6. The third kappa shape index (κ3) is 8.94. The average Bonchev–Trinajstić information content (AvgIpc) is 3.75. The molecule has 1 fully saturated rings. The predicted molar refractivity (Wildman–Crippen MR) is 174 cm³/mol. The van der Waals surface area contributed by atoms with Crippen molar-refractivity contribution in [1.29, 1.82) is 0 Å². The number of hydrogen-bond donors (Lipinski definition) is 1. The van der Waals surface area contributed by atoms with Crippen molar-refractivity contribution in [3.8, 4) is 0 Å². The van der Waals surface area contributed by atoms with E-state index in [0.29, 0.717) is 24.4 Å². The van der Waals surface area contributed by atoms with Crippen molar-refractivity contribution in [3.05, 3.63) is 32.7 Å². The number of ketones is 1. The van der Waals surface area contributed by atoms with E-state index in [2.05, 4.69) is 20.2 Å². The number of thiazole rings is 2. The van der Waals surface area contributed by atoms with Gasteiger partial charge in [0.05, 0.1) is 16.7 Å². The van der Waals surface area contributed by atoms with Gasteiger partial charge in [-0.1, -0.05) is 34.1 Å². The fourth-order valence-corrected chi connectivity index (χ4v) is 7.34. The van der Waals surface area contributed by atoms with Gasteiger partial charge in [-0.3, -0.25) is 24.1 Å². The summed E-state index contributed by atoms with van der Waals surface area (Å²) in [6, 6.07) is -0.294. The van der Waals surface area contributed by atoms with Gasteiger partial charge < -0.3 is 15.0 Å². The maximum atomic E-state index is 14.1. The maximum absolute atomic E-state index is 14.1. The monoisotopic (exact) mass is 647 g/mol. The number of nitrogens with zero attached hydrogens (tertiary/aromatic N) is 4. The van der Waals surface area contributed by atoms with Crippen molar-refractivity contribution in [3.63, 3.8) is 0 Å². The number of esters is 1. The molecule has 3 rings (SSSR count). The highest BCUT2D eigenvalue weighted by molar-refractivity contribution is 7.10. The SMILES string of the molecule is CC[C@H](C)[C@H](CC(=O)[C@@]1(C)CCCN1C)C(=O)N(C)[C@H](C[C@@H](OC(C)=O)c1nc(C(=O)NCCc2cscn2)cs1)C(C)C. The standard InChI is InChI=1S/C32H49N5O5S2/c1-9-21(4)24(15-28(39)32(6)12-10-14-36(32)7)31(41)37(8)26(20(2)3)16-27(42-22(5)38)30-35-25(18-44-30)29(40)33-13-11-23-17-43-19-34-23/h17-21,24,26-27H,9-16H2,1-8H3,(H,33,40)/t21-,24-,26+,27+,32+/m0/s1. The Morgan fingerprint density at radius 2 is 1.93 bits per heavy atom. The van der Waals surface area contributed by atoms with Gasteiger partial charge in [0.1, 0.15) is 10.7 Å². The summed E-state index contributed by atoms with van der Waals surface area (Å²) in [4.78, 5) is 65.3. The number of rotatable bonds is 16. The Balaban J connectivity index is 1.76. The molecule has 1 saturated heterocycles. The number of carbonyl (C=O) groups excluding carboxylic acids is 4. The normalized spacial score (nSPS) is 19.8. The number of carbonyl (C=O) groups is 4.